The fraction of sp³-hybridized carbons (Fsp3) is 0.250. The summed E-state index contributed by atoms with van der Waals surface area (Å²) >= 11 is 0. The monoisotopic (exact) mass is 1140 g/mol. The average Bonchev–Trinajstić information content (AvgIpc) is 1.78. The summed E-state index contributed by atoms with van der Waals surface area (Å²) < 4.78 is 47.8. The third-order valence-electron chi connectivity index (χ3n) is 17.4. The molecule has 0 aliphatic rings. The van der Waals surface area contributed by atoms with E-state index in [1.807, 2.05) is 0 Å². The van der Waals surface area contributed by atoms with Gasteiger partial charge in [0.05, 0.1) is 0 Å². The summed E-state index contributed by atoms with van der Waals surface area (Å²) in [5.41, 5.74) is 9.39. The van der Waals surface area contributed by atoms with Gasteiger partial charge in [-0.15, -0.1) is 0 Å². The Bertz CT molecular complexity index is 3040. The van der Waals surface area contributed by atoms with Crippen molar-refractivity contribution in [3.05, 3.63) is 268 Å². The van der Waals surface area contributed by atoms with Crippen molar-refractivity contribution in [1.29, 1.82) is 0 Å². The predicted octanol–water partition coefficient (Wildman–Crippen LogP) is 16.5. The van der Waals surface area contributed by atoms with Crippen molar-refractivity contribution >= 4 is 76.1 Å². The van der Waals surface area contributed by atoms with E-state index in [4.69, 9.17) is 0 Å². The number of rotatable bonds is 21. The Morgan fingerprint density at radius 1 is 0.250 bits per heavy atom. The molecule has 0 fully saturated rings. The summed E-state index contributed by atoms with van der Waals surface area (Å²) in [6.45, 7) is 12.2. The van der Waals surface area contributed by atoms with Gasteiger partial charge < -0.3 is 0 Å². The molecule has 0 bridgehead atoms. The van der Waals surface area contributed by atoms with Gasteiger partial charge >= 0.3 is 483 Å². The second-order valence-corrected chi connectivity index (χ2v) is 38.4. The van der Waals surface area contributed by atoms with Crippen LogP contribution in [0.15, 0.2) is 218 Å². The molecule has 0 spiro atoms. The van der Waals surface area contributed by atoms with Crippen LogP contribution in [-0.2, 0) is 17.5 Å². The van der Waals surface area contributed by atoms with Crippen LogP contribution >= 0.6 is 28.3 Å². The third-order valence-corrected chi connectivity index (χ3v) is 41.7. The molecular formula is C72H84O4P4. The topological polar surface area (TPSA) is 44.8 Å². The van der Waals surface area contributed by atoms with Crippen molar-refractivity contribution < 1.29 is 17.5 Å². The van der Waals surface area contributed by atoms with Gasteiger partial charge in [-0.25, -0.2) is 0 Å². The number of phosphoric acid groups is 1. The molecule has 0 amide bonds. The molecule has 4 nitrogen and oxygen atoms in total. The van der Waals surface area contributed by atoms with E-state index in [0.29, 0.717) is 37.7 Å². The van der Waals surface area contributed by atoms with E-state index in [-0.39, 0.29) is 0 Å². The Balaban J connectivity index is 1.67. The Kier molecular flexibility index (Phi) is 16.9. The Labute approximate surface area is 480 Å². The molecule has 0 N–H and O–H groups in total. The van der Waals surface area contributed by atoms with E-state index in [1.54, 1.807) is 0 Å². The molecule has 0 atom stereocenters. The first-order valence-electron chi connectivity index (χ1n) is 28.8. The first kappa shape index (κ1) is 59.0. The molecule has 9 aromatic rings. The van der Waals surface area contributed by atoms with E-state index in [2.05, 4.69) is 301 Å². The Morgan fingerprint density at radius 2 is 0.375 bits per heavy atom. The number of hydrogen-bond acceptors (Lipinski definition) is 4. The third kappa shape index (κ3) is 9.09. The fourth-order valence-electron chi connectivity index (χ4n) is 14.6. The van der Waals surface area contributed by atoms with Gasteiger partial charge in [0.25, 0.3) is 0 Å². The summed E-state index contributed by atoms with van der Waals surface area (Å²) in [5, 5.41) is 9.07. The van der Waals surface area contributed by atoms with Crippen molar-refractivity contribution in [2.75, 3.05) is 18.5 Å². The minimum absolute atomic E-state index is 0.508. The summed E-state index contributed by atoms with van der Waals surface area (Å²) in [6, 6.07) is 78.5. The van der Waals surface area contributed by atoms with Crippen LogP contribution in [0, 0.1) is 62.3 Å². The molecule has 0 aliphatic heterocycles. The summed E-state index contributed by atoms with van der Waals surface area (Å²) in [7, 11) is -5.36. The summed E-state index contributed by atoms with van der Waals surface area (Å²) in [4.78, 5) is 0. The zero-order chi connectivity index (χ0) is 57.1. The van der Waals surface area contributed by atoms with Crippen LogP contribution < -0.4 is 47.7 Å². The molecule has 416 valence electrons. The van der Waals surface area contributed by atoms with Crippen molar-refractivity contribution in [3.63, 3.8) is 0 Å². The molecular weight excluding hydrogens is 1050 g/mol. The van der Waals surface area contributed by atoms with Crippen LogP contribution in [0.1, 0.15) is 90.1 Å². The van der Waals surface area contributed by atoms with Crippen LogP contribution in [0.5, 0.6) is 0 Å². The average molecular weight is 1140 g/mol. The van der Waals surface area contributed by atoms with Crippen molar-refractivity contribution in [2.45, 2.75) is 102 Å². The molecule has 0 saturated carbocycles. The minimum atomic E-state index is -5.36. The molecule has 80 heavy (non-hydrogen) atoms. The number of benzene rings is 9. The number of hydrogen-bond donors (Lipinski definition) is 0. The summed E-state index contributed by atoms with van der Waals surface area (Å²) in [5.74, 6) is 0. The zero-order valence-electron chi connectivity index (χ0n) is 49.4. The van der Waals surface area contributed by atoms with Gasteiger partial charge in [0.1, 0.15) is 0 Å². The van der Waals surface area contributed by atoms with Crippen LogP contribution in [0.2, 0.25) is 0 Å². The van der Waals surface area contributed by atoms with Gasteiger partial charge in [-0.05, 0) is 0 Å². The van der Waals surface area contributed by atoms with E-state index in [1.165, 1.54) is 0 Å². The second kappa shape index (κ2) is 23.0. The first-order chi connectivity index (χ1) is 38.4. The molecule has 9 rings (SSSR count). The maximum atomic E-state index is 20.3. The van der Waals surface area contributed by atoms with Crippen LogP contribution in [0.4, 0.5) is 0 Å². The van der Waals surface area contributed by atoms with E-state index in [9.17, 15) is 12.9 Å². The van der Waals surface area contributed by atoms with Gasteiger partial charge in [0, 0.05) is 0 Å². The predicted molar refractivity (Wildman–Crippen MR) is 354 cm³/mol. The molecule has 0 saturated heterocycles. The van der Waals surface area contributed by atoms with Crippen LogP contribution in [-0.4, -0.2) is 18.5 Å². The molecule has 0 radical (unpaired) electrons. The van der Waals surface area contributed by atoms with Crippen LogP contribution in [0.3, 0.4) is 0 Å². The van der Waals surface area contributed by atoms with E-state index >= 15 is 4.57 Å². The standard InChI is InChI=1S/C72H84O4P4/c1-13-52-78(64-43-25-16-34-55(64)4,65-44-26-17-35-56(65)5,66-45-27-18-36-57(66)6)74-77(73,75-79(53-14-2,67-46-28-19-37-58(67)7,68-47-29-20-38-59(68)8)69-48-30-21-39-60(69)9)76-80(54-15-3,70-49-31-22-40-61(70)10,71-50-32-23-41-62(71)11)72-51-33-24-42-63(72)12/h16-51H,13-15,52-54H2,1-12H3. The number of aryl methyl sites for hydroxylation is 9. The van der Waals surface area contributed by atoms with E-state index in [0.717, 1.165) is 97.8 Å². The second-order valence-electron chi connectivity index (χ2n) is 22.6. The Hall–Kier alpha value is -5.62. The normalized spacial score (nSPS) is 14.4. The molecule has 8 heteroatoms. The van der Waals surface area contributed by atoms with Crippen molar-refractivity contribution in [1.82, 2.24) is 0 Å². The van der Waals surface area contributed by atoms with Gasteiger partial charge in [-0.1, -0.05) is 0 Å². The molecule has 0 aliphatic carbocycles. The van der Waals surface area contributed by atoms with Crippen LogP contribution in [0.25, 0.3) is 0 Å². The fourth-order valence-corrected chi connectivity index (χ4v) is 43.3. The summed E-state index contributed by atoms with van der Waals surface area (Å²) in [6.07, 6.45) is 3.59. The maximum absolute atomic E-state index is 20.3. The van der Waals surface area contributed by atoms with Gasteiger partial charge in [0.15, 0.2) is 0 Å². The van der Waals surface area contributed by atoms with Gasteiger partial charge in [-0.3, -0.25) is 0 Å². The molecule has 9 aromatic carbocycles. The van der Waals surface area contributed by atoms with Crippen molar-refractivity contribution in [2.24, 2.45) is 0 Å². The molecule has 0 aromatic heterocycles. The molecule has 0 unspecified atom stereocenters. The molecule has 0 heterocycles. The zero-order valence-corrected chi connectivity index (χ0v) is 53.0. The SMILES string of the molecule is CCCP(OP(=O)(OP(CCC)(c1ccccc1C)(c1ccccc1C)c1ccccc1C)OP(CCC)(c1ccccc1C)(c1ccccc1C)c1ccccc1C)(c1ccccc1C)(c1ccccc1C)c1ccccc1C. The quantitative estimate of drug-likeness (QED) is 0.0673. The Morgan fingerprint density at radius 3 is 0.487 bits per heavy atom. The van der Waals surface area contributed by atoms with Crippen molar-refractivity contribution in [3.8, 4) is 0 Å². The van der Waals surface area contributed by atoms with Gasteiger partial charge in [-0.2, -0.15) is 0 Å². The van der Waals surface area contributed by atoms with E-state index < -0.39 is 28.3 Å². The van der Waals surface area contributed by atoms with Gasteiger partial charge in [0.2, 0.25) is 0 Å². The first-order valence-corrected chi connectivity index (χ1v) is 37.3.